The van der Waals surface area contributed by atoms with E-state index in [4.69, 9.17) is 4.42 Å². The first-order chi connectivity index (χ1) is 8.16. The highest BCUT2D eigenvalue weighted by Crippen LogP contribution is 2.09. The van der Waals surface area contributed by atoms with E-state index in [1.54, 1.807) is 18.2 Å². The predicted octanol–water partition coefficient (Wildman–Crippen LogP) is 2.86. The average Bonchev–Trinajstić information content (AvgIpc) is 2.82. The summed E-state index contributed by atoms with van der Waals surface area (Å²) in [5, 5.41) is 0. The molecule has 88 valence electrons. The monoisotopic (exact) mass is 229 g/mol. The quantitative estimate of drug-likeness (QED) is 0.810. The molecule has 17 heavy (non-hydrogen) atoms. The number of nitrogens with zero attached hydrogens (tertiary/aromatic N) is 1. The Hall–Kier alpha value is -2.03. The standard InChI is InChI=1S/C14H15NO2/c1-11-5-7-12(8-6-11)14(16)15(2)10-13-4-3-9-17-13/h3-9H,10H2,1-2H3. The zero-order valence-corrected chi connectivity index (χ0v) is 10.0. The third kappa shape index (κ3) is 2.75. The fourth-order valence-corrected chi connectivity index (χ4v) is 1.62. The Labute approximate surface area is 101 Å². The number of amides is 1. The van der Waals surface area contributed by atoms with Gasteiger partial charge < -0.3 is 9.32 Å². The highest BCUT2D eigenvalue weighted by atomic mass is 16.3. The number of hydrogen-bond acceptors (Lipinski definition) is 2. The van der Waals surface area contributed by atoms with Gasteiger partial charge in [-0.2, -0.15) is 0 Å². The van der Waals surface area contributed by atoms with E-state index < -0.39 is 0 Å². The number of hydrogen-bond donors (Lipinski definition) is 0. The first-order valence-corrected chi connectivity index (χ1v) is 5.51. The van der Waals surface area contributed by atoms with Gasteiger partial charge in [0.15, 0.2) is 0 Å². The highest BCUT2D eigenvalue weighted by Gasteiger charge is 2.12. The van der Waals surface area contributed by atoms with Crippen molar-refractivity contribution >= 4 is 5.91 Å². The molecule has 0 atom stereocenters. The van der Waals surface area contributed by atoms with E-state index in [1.165, 1.54) is 0 Å². The molecule has 0 aliphatic carbocycles. The molecule has 0 radical (unpaired) electrons. The minimum Gasteiger partial charge on any atom is -0.467 e. The van der Waals surface area contributed by atoms with Gasteiger partial charge in [-0.05, 0) is 31.2 Å². The van der Waals surface area contributed by atoms with Crippen LogP contribution in [0.5, 0.6) is 0 Å². The van der Waals surface area contributed by atoms with E-state index >= 15 is 0 Å². The molecule has 1 aromatic carbocycles. The summed E-state index contributed by atoms with van der Waals surface area (Å²) in [7, 11) is 1.77. The second kappa shape index (κ2) is 4.87. The number of carbonyl (C=O) groups excluding carboxylic acids is 1. The average molecular weight is 229 g/mol. The molecule has 0 N–H and O–H groups in total. The van der Waals surface area contributed by atoms with Gasteiger partial charge in [-0.15, -0.1) is 0 Å². The smallest absolute Gasteiger partial charge is 0.254 e. The van der Waals surface area contributed by atoms with Crippen LogP contribution in [0.15, 0.2) is 47.1 Å². The van der Waals surface area contributed by atoms with Crippen LogP contribution in [0.25, 0.3) is 0 Å². The van der Waals surface area contributed by atoms with Crippen molar-refractivity contribution in [2.75, 3.05) is 7.05 Å². The van der Waals surface area contributed by atoms with Gasteiger partial charge in [0.05, 0.1) is 12.8 Å². The van der Waals surface area contributed by atoms with Crippen LogP contribution in [0.3, 0.4) is 0 Å². The highest BCUT2D eigenvalue weighted by molar-refractivity contribution is 5.94. The van der Waals surface area contributed by atoms with Crippen molar-refractivity contribution in [3.8, 4) is 0 Å². The summed E-state index contributed by atoms with van der Waals surface area (Å²) >= 11 is 0. The third-order valence-electron chi connectivity index (χ3n) is 2.62. The van der Waals surface area contributed by atoms with Crippen molar-refractivity contribution in [3.63, 3.8) is 0 Å². The van der Waals surface area contributed by atoms with Gasteiger partial charge in [0.25, 0.3) is 5.91 Å². The molecule has 0 unspecified atom stereocenters. The fourth-order valence-electron chi connectivity index (χ4n) is 1.62. The van der Waals surface area contributed by atoms with Crippen molar-refractivity contribution in [1.82, 2.24) is 4.90 Å². The molecule has 2 aromatic rings. The van der Waals surface area contributed by atoms with Gasteiger partial charge >= 0.3 is 0 Å². The Morgan fingerprint density at radius 3 is 2.53 bits per heavy atom. The molecule has 0 saturated heterocycles. The SMILES string of the molecule is Cc1ccc(C(=O)N(C)Cc2ccco2)cc1. The molecule has 2 rings (SSSR count). The number of aryl methyl sites for hydroxylation is 1. The van der Waals surface area contributed by atoms with Gasteiger partial charge in [0.2, 0.25) is 0 Å². The Morgan fingerprint density at radius 2 is 1.94 bits per heavy atom. The van der Waals surface area contributed by atoms with Crippen molar-refractivity contribution in [2.24, 2.45) is 0 Å². The molecular formula is C14H15NO2. The summed E-state index contributed by atoms with van der Waals surface area (Å²) in [4.78, 5) is 13.7. The van der Waals surface area contributed by atoms with Crippen LogP contribution in [-0.4, -0.2) is 17.9 Å². The molecule has 0 bridgehead atoms. The number of rotatable bonds is 3. The predicted molar refractivity (Wildman–Crippen MR) is 65.7 cm³/mol. The van der Waals surface area contributed by atoms with Gasteiger partial charge in [-0.25, -0.2) is 0 Å². The Morgan fingerprint density at radius 1 is 1.24 bits per heavy atom. The molecule has 3 heteroatoms. The third-order valence-corrected chi connectivity index (χ3v) is 2.62. The van der Waals surface area contributed by atoms with Crippen molar-refractivity contribution in [3.05, 3.63) is 59.5 Å². The van der Waals surface area contributed by atoms with Crippen LogP contribution < -0.4 is 0 Å². The van der Waals surface area contributed by atoms with Crippen LogP contribution in [0.4, 0.5) is 0 Å². The summed E-state index contributed by atoms with van der Waals surface area (Å²) < 4.78 is 5.22. The largest absolute Gasteiger partial charge is 0.467 e. The maximum Gasteiger partial charge on any atom is 0.254 e. The van der Waals surface area contributed by atoms with Gasteiger partial charge in [-0.1, -0.05) is 17.7 Å². The van der Waals surface area contributed by atoms with Gasteiger partial charge in [-0.3, -0.25) is 4.79 Å². The second-order valence-electron chi connectivity index (χ2n) is 4.11. The molecule has 0 spiro atoms. The van der Waals surface area contributed by atoms with Gasteiger partial charge in [0.1, 0.15) is 5.76 Å². The summed E-state index contributed by atoms with van der Waals surface area (Å²) in [6.07, 6.45) is 1.61. The summed E-state index contributed by atoms with van der Waals surface area (Å²) in [5.41, 5.74) is 1.85. The molecule has 0 saturated carbocycles. The van der Waals surface area contributed by atoms with Crippen LogP contribution in [0, 0.1) is 6.92 Å². The molecule has 0 aliphatic rings. The topological polar surface area (TPSA) is 33.5 Å². The van der Waals surface area contributed by atoms with E-state index in [2.05, 4.69) is 0 Å². The van der Waals surface area contributed by atoms with Crippen molar-refractivity contribution < 1.29 is 9.21 Å². The molecule has 0 fully saturated rings. The maximum absolute atomic E-state index is 12.1. The second-order valence-corrected chi connectivity index (χ2v) is 4.11. The normalized spacial score (nSPS) is 10.2. The Kier molecular flexibility index (Phi) is 3.28. The lowest BCUT2D eigenvalue weighted by atomic mass is 10.1. The van der Waals surface area contributed by atoms with E-state index in [0.717, 1.165) is 11.3 Å². The van der Waals surface area contributed by atoms with Crippen LogP contribution in [-0.2, 0) is 6.54 Å². The maximum atomic E-state index is 12.1. The van der Waals surface area contributed by atoms with Crippen LogP contribution in [0.2, 0.25) is 0 Å². The molecule has 1 aromatic heterocycles. The summed E-state index contributed by atoms with van der Waals surface area (Å²) in [6.45, 7) is 2.49. The number of benzene rings is 1. The van der Waals surface area contributed by atoms with E-state index in [1.807, 2.05) is 43.3 Å². The molecular weight excluding hydrogens is 214 g/mol. The minimum atomic E-state index is 0.00130. The first kappa shape index (κ1) is 11.5. The van der Waals surface area contributed by atoms with Crippen LogP contribution >= 0.6 is 0 Å². The number of carbonyl (C=O) groups is 1. The molecule has 1 amide bonds. The zero-order valence-electron chi connectivity index (χ0n) is 10.0. The first-order valence-electron chi connectivity index (χ1n) is 5.51. The minimum absolute atomic E-state index is 0.00130. The van der Waals surface area contributed by atoms with E-state index in [-0.39, 0.29) is 5.91 Å². The fraction of sp³-hybridized carbons (Fsp3) is 0.214. The zero-order chi connectivity index (χ0) is 12.3. The Bertz CT molecular complexity index is 485. The van der Waals surface area contributed by atoms with Crippen LogP contribution in [0.1, 0.15) is 21.7 Å². The van der Waals surface area contributed by atoms with E-state index in [9.17, 15) is 4.79 Å². The number of furan rings is 1. The lowest BCUT2D eigenvalue weighted by molar-refractivity contribution is 0.0775. The lowest BCUT2D eigenvalue weighted by Crippen LogP contribution is -2.25. The van der Waals surface area contributed by atoms with Gasteiger partial charge in [0, 0.05) is 12.6 Å². The Balaban J connectivity index is 2.07. The van der Waals surface area contributed by atoms with Crippen molar-refractivity contribution in [1.29, 1.82) is 0 Å². The summed E-state index contributed by atoms with van der Waals surface area (Å²) in [6, 6.07) is 11.2. The lowest BCUT2D eigenvalue weighted by Gasteiger charge is -2.15. The van der Waals surface area contributed by atoms with E-state index in [0.29, 0.717) is 12.1 Å². The molecule has 3 nitrogen and oxygen atoms in total. The van der Waals surface area contributed by atoms with Crippen molar-refractivity contribution in [2.45, 2.75) is 13.5 Å². The summed E-state index contributed by atoms with van der Waals surface area (Å²) in [5.74, 6) is 0.786. The molecule has 1 heterocycles. The molecule has 0 aliphatic heterocycles.